The van der Waals surface area contributed by atoms with Crippen molar-refractivity contribution in [3.05, 3.63) is 168 Å². The number of benzene rings is 5. The Hall–Kier alpha value is -5.61. The monoisotopic (exact) mass is 716 g/mol. The van der Waals surface area contributed by atoms with Crippen molar-refractivity contribution in [2.24, 2.45) is 0 Å². The summed E-state index contributed by atoms with van der Waals surface area (Å²) in [6, 6.07) is 42.1. The Morgan fingerprint density at radius 1 is 0.769 bits per heavy atom. The normalized spacial score (nSPS) is 18.0. The van der Waals surface area contributed by atoms with Gasteiger partial charge >= 0.3 is 6.09 Å². The molecule has 5 aromatic rings. The summed E-state index contributed by atoms with van der Waals surface area (Å²) in [7, 11) is 0. The zero-order chi connectivity index (χ0) is 36.1. The van der Waals surface area contributed by atoms with Gasteiger partial charge in [-0.2, -0.15) is 0 Å². The molecule has 0 spiro atoms. The maximum Gasteiger partial charge on any atom is 0.410 e. The molecule has 52 heavy (non-hydrogen) atoms. The quantitative estimate of drug-likeness (QED) is 0.114. The molecule has 2 aliphatic rings. The number of amides is 3. The van der Waals surface area contributed by atoms with E-state index in [0.717, 1.165) is 34.0 Å². The van der Waals surface area contributed by atoms with Gasteiger partial charge in [0.1, 0.15) is 36.1 Å². The van der Waals surface area contributed by atoms with E-state index in [4.69, 9.17) is 14.2 Å². The number of cyclic esters (lactones) is 1. The number of ether oxygens (including phenoxy) is 3. The third-order valence-electron chi connectivity index (χ3n) is 9.33. The maximum absolute atomic E-state index is 14.4. The Balaban J connectivity index is 1.01. The van der Waals surface area contributed by atoms with Gasteiger partial charge < -0.3 is 14.2 Å². The van der Waals surface area contributed by atoms with E-state index in [1.54, 1.807) is 17.0 Å². The van der Waals surface area contributed by atoms with Gasteiger partial charge in [0.15, 0.2) is 6.10 Å². The van der Waals surface area contributed by atoms with Crippen molar-refractivity contribution in [1.82, 2.24) is 9.80 Å². The van der Waals surface area contributed by atoms with E-state index in [1.165, 1.54) is 17.0 Å². The van der Waals surface area contributed by atoms with Gasteiger partial charge in [0.25, 0.3) is 5.24 Å². The van der Waals surface area contributed by atoms with Crippen LogP contribution in [0.4, 0.5) is 14.0 Å². The molecular formula is C42H37FN2O6S. The Morgan fingerprint density at radius 3 is 1.94 bits per heavy atom. The SMILES string of the molecule is CC(COc1ccc(CC2SC(=O)N(C(c3ccccc3)(c3ccccc3)c3ccccc3)C2=O)cc1)N1CC(COc2cccc(F)c2)OC1=O. The lowest BCUT2D eigenvalue weighted by molar-refractivity contribution is -0.129. The predicted octanol–water partition coefficient (Wildman–Crippen LogP) is 8.09. The summed E-state index contributed by atoms with van der Waals surface area (Å²) in [6.07, 6.45) is -0.595. The fourth-order valence-corrected chi connectivity index (χ4v) is 7.85. The standard InChI is InChI=1S/C42H37FN2O6S/c1-29(44-26-37(51-40(44)47)28-50-36-19-11-18-34(43)25-36)27-49-35-22-20-30(21-23-35)24-38-39(46)45(41(48)52-38)42(31-12-5-2-6-13-31,32-14-7-3-8-15-32)33-16-9-4-10-17-33/h2-23,25,29,37-38H,24,26-28H2,1H3. The number of rotatable bonds is 13. The van der Waals surface area contributed by atoms with Crippen LogP contribution in [-0.4, -0.2) is 64.2 Å². The summed E-state index contributed by atoms with van der Waals surface area (Å²) in [5.41, 5.74) is 2.18. The van der Waals surface area contributed by atoms with E-state index in [2.05, 4.69) is 0 Å². The van der Waals surface area contributed by atoms with Gasteiger partial charge in [-0.3, -0.25) is 19.4 Å². The summed E-state index contributed by atoms with van der Waals surface area (Å²) in [6.45, 7) is 2.53. The molecule has 0 saturated carbocycles. The summed E-state index contributed by atoms with van der Waals surface area (Å²) >= 11 is 1.05. The first-order valence-electron chi connectivity index (χ1n) is 17.1. The van der Waals surface area contributed by atoms with Crippen LogP contribution in [0, 0.1) is 5.82 Å². The molecule has 0 N–H and O–H groups in total. The van der Waals surface area contributed by atoms with Crippen LogP contribution < -0.4 is 9.47 Å². The molecule has 2 aliphatic heterocycles. The largest absolute Gasteiger partial charge is 0.491 e. The van der Waals surface area contributed by atoms with E-state index in [1.807, 2.05) is 122 Å². The third-order valence-corrected chi connectivity index (χ3v) is 10.4. The minimum absolute atomic E-state index is 0.109. The van der Waals surface area contributed by atoms with Gasteiger partial charge in [-0.25, -0.2) is 9.18 Å². The molecule has 10 heteroatoms. The summed E-state index contributed by atoms with van der Waals surface area (Å²) in [4.78, 5) is 44.0. The van der Waals surface area contributed by atoms with E-state index in [-0.39, 0.29) is 30.4 Å². The molecule has 0 aromatic heterocycles. The average molecular weight is 717 g/mol. The number of thioether (sulfide) groups is 1. The molecule has 5 aromatic carbocycles. The van der Waals surface area contributed by atoms with Crippen molar-refractivity contribution in [3.63, 3.8) is 0 Å². The first kappa shape index (κ1) is 34.8. The highest BCUT2D eigenvalue weighted by atomic mass is 32.2. The van der Waals surface area contributed by atoms with Crippen molar-refractivity contribution < 1.29 is 33.0 Å². The second kappa shape index (κ2) is 15.3. The second-order valence-corrected chi connectivity index (χ2v) is 13.9. The number of carbonyl (C=O) groups excluding carboxylic acids is 3. The molecule has 264 valence electrons. The lowest BCUT2D eigenvalue weighted by Crippen LogP contribution is -2.51. The van der Waals surface area contributed by atoms with Gasteiger partial charge in [0.2, 0.25) is 5.91 Å². The zero-order valence-electron chi connectivity index (χ0n) is 28.5. The molecule has 2 saturated heterocycles. The van der Waals surface area contributed by atoms with Crippen molar-refractivity contribution in [1.29, 1.82) is 0 Å². The fraction of sp³-hybridized carbons (Fsp3) is 0.214. The molecule has 7 rings (SSSR count). The lowest BCUT2D eigenvalue weighted by atomic mass is 9.75. The van der Waals surface area contributed by atoms with Crippen LogP contribution in [0.3, 0.4) is 0 Å². The van der Waals surface area contributed by atoms with E-state index in [0.29, 0.717) is 24.5 Å². The van der Waals surface area contributed by atoms with Crippen molar-refractivity contribution in [2.45, 2.75) is 36.3 Å². The summed E-state index contributed by atoms with van der Waals surface area (Å²) in [5, 5.41) is -0.919. The van der Waals surface area contributed by atoms with Gasteiger partial charge in [-0.15, -0.1) is 0 Å². The first-order valence-corrected chi connectivity index (χ1v) is 18.0. The van der Waals surface area contributed by atoms with Crippen LogP contribution in [0.1, 0.15) is 29.2 Å². The van der Waals surface area contributed by atoms with Gasteiger partial charge in [-0.1, -0.05) is 121 Å². The number of nitrogens with zero attached hydrogens (tertiary/aromatic N) is 2. The first-order chi connectivity index (χ1) is 25.3. The van der Waals surface area contributed by atoms with Crippen molar-refractivity contribution >= 4 is 29.0 Å². The number of hydrogen-bond donors (Lipinski definition) is 0. The molecule has 0 bridgehead atoms. The topological polar surface area (TPSA) is 85.4 Å². The number of imide groups is 1. The Bertz CT molecular complexity index is 1920. The highest BCUT2D eigenvalue weighted by Crippen LogP contribution is 2.47. The van der Waals surface area contributed by atoms with Crippen LogP contribution in [0.25, 0.3) is 0 Å². The van der Waals surface area contributed by atoms with Crippen LogP contribution in [0.15, 0.2) is 140 Å². The highest BCUT2D eigenvalue weighted by Gasteiger charge is 2.54. The Morgan fingerprint density at radius 2 is 1.37 bits per heavy atom. The minimum Gasteiger partial charge on any atom is -0.491 e. The van der Waals surface area contributed by atoms with Gasteiger partial charge in [-0.05, 0) is 59.9 Å². The predicted molar refractivity (Wildman–Crippen MR) is 197 cm³/mol. The van der Waals surface area contributed by atoms with Gasteiger partial charge in [0.05, 0.1) is 17.8 Å². The fourth-order valence-electron chi connectivity index (χ4n) is 6.79. The Labute approximate surface area is 306 Å². The number of carbonyl (C=O) groups is 3. The molecule has 3 atom stereocenters. The second-order valence-electron chi connectivity index (χ2n) is 12.8. The summed E-state index contributed by atoms with van der Waals surface area (Å²) in [5.74, 6) is 0.321. The third kappa shape index (κ3) is 7.11. The smallest absolute Gasteiger partial charge is 0.410 e. The van der Waals surface area contributed by atoms with Crippen LogP contribution in [0.2, 0.25) is 0 Å². The number of hydrogen-bond acceptors (Lipinski definition) is 7. The minimum atomic E-state index is -1.16. The summed E-state index contributed by atoms with van der Waals surface area (Å²) < 4.78 is 30.6. The maximum atomic E-state index is 14.4. The highest BCUT2D eigenvalue weighted by molar-refractivity contribution is 8.15. The van der Waals surface area contributed by atoms with E-state index < -0.39 is 28.8 Å². The molecule has 0 aliphatic carbocycles. The zero-order valence-corrected chi connectivity index (χ0v) is 29.3. The van der Waals surface area contributed by atoms with Crippen LogP contribution in [0.5, 0.6) is 11.5 Å². The molecule has 2 fully saturated rings. The van der Waals surface area contributed by atoms with E-state index >= 15 is 0 Å². The van der Waals surface area contributed by atoms with Gasteiger partial charge in [0, 0.05) is 6.07 Å². The van der Waals surface area contributed by atoms with Crippen LogP contribution in [-0.2, 0) is 21.5 Å². The van der Waals surface area contributed by atoms with Crippen LogP contribution >= 0.6 is 11.8 Å². The Kier molecular flexibility index (Phi) is 10.3. The molecule has 2 heterocycles. The van der Waals surface area contributed by atoms with Crippen molar-refractivity contribution in [3.8, 4) is 11.5 Å². The van der Waals surface area contributed by atoms with E-state index in [9.17, 15) is 18.8 Å². The van der Waals surface area contributed by atoms with Crippen molar-refractivity contribution in [2.75, 3.05) is 19.8 Å². The molecule has 3 amide bonds. The molecular weight excluding hydrogens is 680 g/mol. The number of halogens is 1. The molecule has 0 radical (unpaired) electrons. The molecule has 3 unspecified atom stereocenters. The molecule has 8 nitrogen and oxygen atoms in total. The average Bonchev–Trinajstić information content (AvgIpc) is 3.69. The lowest BCUT2D eigenvalue weighted by Gasteiger charge is -2.42.